The van der Waals surface area contributed by atoms with Gasteiger partial charge in [0.15, 0.2) is 5.88 Å². The highest BCUT2D eigenvalue weighted by molar-refractivity contribution is 6.30. The number of rotatable bonds is 3. The summed E-state index contributed by atoms with van der Waals surface area (Å²) in [5, 5.41) is 10.3. The molecule has 3 aromatic rings. The second-order valence-corrected chi connectivity index (χ2v) is 5.68. The zero-order valence-electron chi connectivity index (χ0n) is 12.9. The van der Waals surface area contributed by atoms with Crippen molar-refractivity contribution >= 4 is 11.6 Å². The smallest absolute Gasteiger partial charge is 0.280 e. The van der Waals surface area contributed by atoms with Crippen molar-refractivity contribution in [1.29, 1.82) is 0 Å². The van der Waals surface area contributed by atoms with Crippen LogP contribution in [0, 0.1) is 5.82 Å². The van der Waals surface area contributed by atoms with E-state index in [9.17, 15) is 18.7 Å². The molecule has 1 amide bonds. The molecule has 1 aliphatic rings. The molecule has 1 aromatic heterocycles. The molecule has 0 unspecified atom stereocenters. The van der Waals surface area contributed by atoms with Gasteiger partial charge >= 0.3 is 0 Å². The molecule has 0 spiro atoms. The predicted molar refractivity (Wildman–Crippen MR) is 89.1 cm³/mol. The highest BCUT2D eigenvalue weighted by Gasteiger charge is 2.34. The highest BCUT2D eigenvalue weighted by Crippen LogP contribution is 2.38. The Kier molecular flexibility index (Phi) is 3.46. The normalized spacial score (nSPS) is 13.0. The zero-order valence-corrected chi connectivity index (χ0v) is 12.9. The van der Waals surface area contributed by atoms with Crippen molar-refractivity contribution in [1.82, 2.24) is 4.98 Å². The lowest BCUT2D eigenvalue weighted by atomic mass is 9.99. The first-order valence-corrected chi connectivity index (χ1v) is 7.58. The summed E-state index contributed by atoms with van der Waals surface area (Å²) < 4.78 is 27.0. The van der Waals surface area contributed by atoms with Crippen LogP contribution in [-0.4, -0.2) is 21.7 Å². The van der Waals surface area contributed by atoms with Gasteiger partial charge < -0.3 is 10.1 Å². The van der Waals surface area contributed by atoms with E-state index >= 15 is 0 Å². The summed E-state index contributed by atoms with van der Waals surface area (Å²) in [6.07, 6.45) is 0. The predicted octanol–water partition coefficient (Wildman–Crippen LogP) is 3.99. The van der Waals surface area contributed by atoms with Crippen LogP contribution < -0.4 is 0 Å². The topological polar surface area (TPSA) is 65.4 Å². The van der Waals surface area contributed by atoms with Crippen LogP contribution in [0.15, 0.2) is 53.5 Å². The Morgan fingerprint density at radius 2 is 1.84 bits per heavy atom. The number of fused-ring (bicyclic) bond motifs is 1. The Morgan fingerprint density at radius 1 is 1.08 bits per heavy atom. The maximum absolute atomic E-state index is 14.3. The van der Waals surface area contributed by atoms with Gasteiger partial charge in [-0.3, -0.25) is 4.79 Å². The number of H-pyrrole nitrogens is 1. The molecular weight excluding hydrogens is 326 g/mol. The Balaban J connectivity index is 1.88. The van der Waals surface area contributed by atoms with Gasteiger partial charge in [0.1, 0.15) is 12.5 Å². The molecule has 124 valence electrons. The van der Waals surface area contributed by atoms with Crippen LogP contribution >= 0.6 is 0 Å². The maximum Gasteiger partial charge on any atom is 0.280 e. The van der Waals surface area contributed by atoms with Crippen LogP contribution in [0.1, 0.15) is 27.0 Å². The minimum absolute atomic E-state index is 0.0400. The summed E-state index contributed by atoms with van der Waals surface area (Å²) in [5.74, 6) is -1.52. The molecule has 2 N–H and O–H groups in total. The number of aliphatic imine (C=N–C) groups is 1. The minimum atomic E-state index is -0.790. The summed E-state index contributed by atoms with van der Waals surface area (Å²) in [6.45, 7) is -0.790. The van der Waals surface area contributed by atoms with Gasteiger partial charge in [-0.2, -0.15) is 0 Å². The van der Waals surface area contributed by atoms with Gasteiger partial charge in [-0.25, -0.2) is 13.8 Å². The Hall–Kier alpha value is -3.28. The van der Waals surface area contributed by atoms with Crippen molar-refractivity contribution in [3.63, 3.8) is 0 Å². The number of halogens is 2. The fourth-order valence-corrected chi connectivity index (χ4v) is 2.99. The molecule has 0 atom stereocenters. The number of aromatic hydroxyl groups is 1. The fourth-order valence-electron chi connectivity index (χ4n) is 2.99. The van der Waals surface area contributed by atoms with Crippen LogP contribution in [0.3, 0.4) is 0 Å². The molecule has 1 aliphatic heterocycles. The standard InChI is InChI=1S/C19H12F2N2O2/c20-9-10-6-7-12(13(21)8-10)17-15-14(18(24)23-17)16(22-19(15)25)11-4-2-1-3-5-11/h1-8,22,25H,9H2. The maximum atomic E-state index is 14.3. The number of hydrogen-bond donors (Lipinski definition) is 2. The van der Waals surface area contributed by atoms with Crippen LogP contribution in [0.5, 0.6) is 5.88 Å². The number of amides is 1. The average Bonchev–Trinajstić information content (AvgIpc) is 3.14. The van der Waals surface area contributed by atoms with Gasteiger partial charge in [0.05, 0.1) is 22.5 Å². The third-order valence-corrected chi connectivity index (χ3v) is 4.15. The summed E-state index contributed by atoms with van der Waals surface area (Å²) in [5.41, 5.74) is 1.77. The van der Waals surface area contributed by atoms with E-state index in [2.05, 4.69) is 9.98 Å². The summed E-state index contributed by atoms with van der Waals surface area (Å²) in [7, 11) is 0. The second-order valence-electron chi connectivity index (χ2n) is 5.68. The number of aromatic amines is 1. The molecule has 0 saturated heterocycles. The summed E-state index contributed by atoms with van der Waals surface area (Å²) in [4.78, 5) is 19.1. The number of carbonyl (C=O) groups excluding carboxylic acids is 1. The molecular formula is C19H12F2N2O2. The van der Waals surface area contributed by atoms with Crippen LogP contribution in [0.4, 0.5) is 8.78 Å². The lowest BCUT2D eigenvalue weighted by Crippen LogP contribution is -2.04. The summed E-state index contributed by atoms with van der Waals surface area (Å²) >= 11 is 0. The minimum Gasteiger partial charge on any atom is -0.494 e. The van der Waals surface area contributed by atoms with Crippen molar-refractivity contribution in [2.45, 2.75) is 6.67 Å². The second kappa shape index (κ2) is 5.66. The number of hydrogen-bond acceptors (Lipinski definition) is 2. The molecule has 25 heavy (non-hydrogen) atoms. The van der Waals surface area contributed by atoms with E-state index in [-0.39, 0.29) is 33.8 Å². The SMILES string of the molecule is O=C1N=C(c2ccc(CF)cc2F)c2c(O)[nH]c(-c3ccccc3)c21. The van der Waals surface area contributed by atoms with Crippen LogP contribution in [-0.2, 0) is 6.67 Å². The van der Waals surface area contributed by atoms with Gasteiger partial charge in [0, 0.05) is 5.56 Å². The van der Waals surface area contributed by atoms with Gasteiger partial charge in [-0.05, 0) is 23.3 Å². The molecule has 0 saturated carbocycles. The van der Waals surface area contributed by atoms with E-state index in [4.69, 9.17) is 0 Å². The molecule has 0 aliphatic carbocycles. The van der Waals surface area contributed by atoms with Crippen LogP contribution in [0.2, 0.25) is 0 Å². The van der Waals surface area contributed by atoms with Crippen LogP contribution in [0.25, 0.3) is 11.3 Å². The third kappa shape index (κ3) is 2.34. The third-order valence-electron chi connectivity index (χ3n) is 4.15. The highest BCUT2D eigenvalue weighted by atomic mass is 19.1. The van der Waals surface area contributed by atoms with Gasteiger partial charge in [0.25, 0.3) is 5.91 Å². The van der Waals surface area contributed by atoms with E-state index in [0.717, 1.165) is 6.07 Å². The van der Waals surface area contributed by atoms with Gasteiger partial charge in [0.2, 0.25) is 0 Å². The Morgan fingerprint density at radius 3 is 2.52 bits per heavy atom. The number of aromatic nitrogens is 1. The van der Waals surface area contributed by atoms with E-state index in [1.54, 1.807) is 24.3 Å². The van der Waals surface area contributed by atoms with E-state index < -0.39 is 18.4 Å². The molecule has 4 nitrogen and oxygen atoms in total. The number of nitrogens with one attached hydrogen (secondary N) is 1. The van der Waals surface area contributed by atoms with E-state index in [1.807, 2.05) is 6.07 Å². The van der Waals surface area contributed by atoms with Gasteiger partial charge in [-0.1, -0.05) is 36.4 Å². The Bertz CT molecular complexity index is 1020. The van der Waals surface area contributed by atoms with E-state index in [0.29, 0.717) is 11.3 Å². The average molecular weight is 338 g/mol. The molecule has 4 rings (SSSR count). The number of alkyl halides is 1. The van der Waals surface area contributed by atoms with Gasteiger partial charge in [-0.15, -0.1) is 0 Å². The van der Waals surface area contributed by atoms with Crippen molar-refractivity contribution in [2.24, 2.45) is 4.99 Å². The first-order chi connectivity index (χ1) is 12.1. The quantitative estimate of drug-likeness (QED) is 0.758. The molecule has 0 fully saturated rings. The zero-order chi connectivity index (χ0) is 17.6. The van der Waals surface area contributed by atoms with E-state index in [1.165, 1.54) is 12.1 Å². The first kappa shape index (κ1) is 15.3. The van der Waals surface area contributed by atoms with Crippen molar-refractivity contribution in [2.75, 3.05) is 0 Å². The van der Waals surface area contributed by atoms with Crippen molar-refractivity contribution in [3.05, 3.63) is 76.6 Å². The Labute approximate surface area is 141 Å². The summed E-state index contributed by atoms with van der Waals surface area (Å²) in [6, 6.07) is 12.8. The molecule has 0 bridgehead atoms. The monoisotopic (exact) mass is 338 g/mol. The fraction of sp³-hybridized carbons (Fsp3) is 0.0526. The largest absolute Gasteiger partial charge is 0.494 e. The molecule has 2 heterocycles. The lowest BCUT2D eigenvalue weighted by Gasteiger charge is -2.04. The van der Waals surface area contributed by atoms with Crippen molar-refractivity contribution in [3.8, 4) is 17.1 Å². The molecule has 6 heteroatoms. The first-order valence-electron chi connectivity index (χ1n) is 7.58. The molecule has 0 radical (unpaired) electrons. The lowest BCUT2D eigenvalue weighted by molar-refractivity contribution is 0.101. The number of benzene rings is 2. The molecule has 2 aromatic carbocycles. The van der Waals surface area contributed by atoms with Crippen molar-refractivity contribution < 1.29 is 18.7 Å². The number of nitrogens with zero attached hydrogens (tertiary/aromatic N) is 1. The number of carbonyl (C=O) groups is 1.